The first-order chi connectivity index (χ1) is 8.18. The van der Waals surface area contributed by atoms with Gasteiger partial charge >= 0.3 is 0 Å². The van der Waals surface area contributed by atoms with Gasteiger partial charge in [0, 0.05) is 13.0 Å². The molecule has 0 amide bonds. The number of aliphatic hydroxyl groups is 1. The summed E-state index contributed by atoms with van der Waals surface area (Å²) in [4.78, 5) is 0. The maximum atomic E-state index is 10.9. The van der Waals surface area contributed by atoms with Crippen LogP contribution in [0.1, 0.15) is 65.2 Å². The summed E-state index contributed by atoms with van der Waals surface area (Å²) in [7, 11) is 0. The Labute approximate surface area is 106 Å². The Morgan fingerprint density at radius 1 is 1.24 bits per heavy atom. The third kappa shape index (κ3) is 3.03. The summed E-state index contributed by atoms with van der Waals surface area (Å²) in [5.74, 6) is 1.37. The fraction of sp³-hybridized carbons (Fsp3) is 1.00. The van der Waals surface area contributed by atoms with Crippen LogP contribution >= 0.6 is 0 Å². The van der Waals surface area contributed by atoms with E-state index < -0.39 is 5.60 Å². The molecule has 1 saturated carbocycles. The second-order valence-corrected chi connectivity index (χ2v) is 6.10. The molecule has 4 unspecified atom stereocenters. The highest BCUT2D eigenvalue weighted by atomic mass is 16.5. The zero-order valence-electron chi connectivity index (χ0n) is 11.5. The van der Waals surface area contributed by atoms with Crippen LogP contribution < -0.4 is 0 Å². The highest BCUT2D eigenvalue weighted by Gasteiger charge is 2.42. The van der Waals surface area contributed by atoms with Gasteiger partial charge in [-0.05, 0) is 37.5 Å². The molecule has 1 aliphatic heterocycles. The molecule has 2 fully saturated rings. The van der Waals surface area contributed by atoms with Crippen LogP contribution in [0.3, 0.4) is 0 Å². The van der Waals surface area contributed by atoms with Gasteiger partial charge in [0.2, 0.25) is 0 Å². The number of hydrogen-bond donors (Lipinski definition) is 1. The summed E-state index contributed by atoms with van der Waals surface area (Å²) in [6.45, 7) is 5.20. The highest BCUT2D eigenvalue weighted by Crippen LogP contribution is 2.42. The predicted octanol–water partition coefficient (Wildman–Crippen LogP) is 3.52. The molecule has 1 heterocycles. The maximum Gasteiger partial charge on any atom is 0.0722 e. The van der Waals surface area contributed by atoms with E-state index in [0.717, 1.165) is 31.8 Å². The molecule has 0 aromatic rings. The lowest BCUT2D eigenvalue weighted by atomic mass is 9.68. The summed E-state index contributed by atoms with van der Waals surface area (Å²) in [5.41, 5.74) is -0.424. The van der Waals surface area contributed by atoms with E-state index in [1.165, 1.54) is 32.1 Å². The fourth-order valence-electron chi connectivity index (χ4n) is 3.74. The van der Waals surface area contributed by atoms with Crippen LogP contribution in [0.5, 0.6) is 0 Å². The molecule has 1 aliphatic carbocycles. The van der Waals surface area contributed by atoms with Crippen molar-refractivity contribution in [3.8, 4) is 0 Å². The Kier molecular flexibility index (Phi) is 4.48. The predicted molar refractivity (Wildman–Crippen MR) is 70.0 cm³/mol. The van der Waals surface area contributed by atoms with Crippen molar-refractivity contribution in [3.63, 3.8) is 0 Å². The zero-order valence-corrected chi connectivity index (χ0v) is 11.5. The molecule has 100 valence electrons. The summed E-state index contributed by atoms with van der Waals surface area (Å²) in [6.07, 6.45) is 9.46. The van der Waals surface area contributed by atoms with Crippen LogP contribution in [-0.2, 0) is 4.74 Å². The van der Waals surface area contributed by atoms with E-state index in [-0.39, 0.29) is 6.10 Å². The monoisotopic (exact) mass is 240 g/mol. The molecule has 0 spiro atoms. The number of hydrogen-bond acceptors (Lipinski definition) is 2. The average Bonchev–Trinajstić information content (AvgIpc) is 2.39. The molecular weight excluding hydrogens is 212 g/mol. The first-order valence-electron chi connectivity index (χ1n) is 7.52. The minimum Gasteiger partial charge on any atom is -0.389 e. The largest absolute Gasteiger partial charge is 0.389 e. The first kappa shape index (κ1) is 13.4. The average molecular weight is 240 g/mol. The van der Waals surface area contributed by atoms with E-state index >= 15 is 0 Å². The van der Waals surface area contributed by atoms with Gasteiger partial charge in [0.25, 0.3) is 0 Å². The molecule has 2 nitrogen and oxygen atoms in total. The van der Waals surface area contributed by atoms with E-state index in [0.29, 0.717) is 5.92 Å². The SMILES string of the molecule is CCC1CCCC(C2(O)CCOC(CC)C2)C1. The Hall–Kier alpha value is -0.0800. The smallest absolute Gasteiger partial charge is 0.0722 e. The normalized spacial score (nSPS) is 43.6. The van der Waals surface area contributed by atoms with Crippen molar-refractivity contribution in [2.24, 2.45) is 11.8 Å². The molecule has 1 N–H and O–H groups in total. The van der Waals surface area contributed by atoms with E-state index in [2.05, 4.69) is 13.8 Å². The Morgan fingerprint density at radius 3 is 2.76 bits per heavy atom. The van der Waals surface area contributed by atoms with Gasteiger partial charge in [-0.25, -0.2) is 0 Å². The molecule has 2 heteroatoms. The van der Waals surface area contributed by atoms with Crippen LogP contribution in [0.25, 0.3) is 0 Å². The van der Waals surface area contributed by atoms with Gasteiger partial charge < -0.3 is 9.84 Å². The van der Waals surface area contributed by atoms with Crippen molar-refractivity contribution in [3.05, 3.63) is 0 Å². The van der Waals surface area contributed by atoms with E-state index in [1.807, 2.05) is 0 Å². The van der Waals surface area contributed by atoms with E-state index in [1.54, 1.807) is 0 Å². The van der Waals surface area contributed by atoms with Crippen LogP contribution in [0.4, 0.5) is 0 Å². The number of ether oxygens (including phenoxy) is 1. The van der Waals surface area contributed by atoms with Crippen molar-refractivity contribution in [1.29, 1.82) is 0 Å². The molecule has 0 aromatic heterocycles. The second-order valence-electron chi connectivity index (χ2n) is 6.10. The topological polar surface area (TPSA) is 29.5 Å². The molecule has 2 aliphatic rings. The standard InChI is InChI=1S/C15H28O2/c1-3-12-6-5-7-13(10-12)15(16)8-9-17-14(4-2)11-15/h12-14,16H,3-11H2,1-2H3. The zero-order chi connectivity index (χ0) is 12.3. The summed E-state index contributed by atoms with van der Waals surface area (Å²) in [5, 5.41) is 10.9. The van der Waals surface area contributed by atoms with Gasteiger partial charge in [0.1, 0.15) is 0 Å². The van der Waals surface area contributed by atoms with Crippen molar-refractivity contribution in [2.45, 2.75) is 76.9 Å². The van der Waals surface area contributed by atoms with E-state index in [9.17, 15) is 5.11 Å². The summed E-state index contributed by atoms with van der Waals surface area (Å²) < 4.78 is 5.71. The quantitative estimate of drug-likeness (QED) is 0.818. The lowest BCUT2D eigenvalue weighted by molar-refractivity contribution is -0.141. The van der Waals surface area contributed by atoms with Crippen LogP contribution in [0.2, 0.25) is 0 Å². The van der Waals surface area contributed by atoms with Gasteiger partial charge in [-0.3, -0.25) is 0 Å². The first-order valence-corrected chi connectivity index (χ1v) is 7.52. The third-order valence-corrected chi connectivity index (χ3v) is 5.05. The van der Waals surface area contributed by atoms with Crippen LogP contribution in [0, 0.1) is 11.8 Å². The fourth-order valence-corrected chi connectivity index (χ4v) is 3.74. The van der Waals surface area contributed by atoms with Gasteiger partial charge in [-0.1, -0.05) is 33.1 Å². The molecule has 0 bridgehead atoms. The Balaban J connectivity index is 1.98. The lowest BCUT2D eigenvalue weighted by Crippen LogP contribution is -2.47. The van der Waals surface area contributed by atoms with Crippen molar-refractivity contribution < 1.29 is 9.84 Å². The van der Waals surface area contributed by atoms with Gasteiger partial charge in [-0.15, -0.1) is 0 Å². The number of rotatable bonds is 3. The highest BCUT2D eigenvalue weighted by molar-refractivity contribution is 4.93. The molecule has 1 saturated heterocycles. The molecule has 0 radical (unpaired) electrons. The molecule has 0 aromatic carbocycles. The Bertz CT molecular complexity index is 241. The van der Waals surface area contributed by atoms with Crippen LogP contribution in [0.15, 0.2) is 0 Å². The van der Waals surface area contributed by atoms with Crippen molar-refractivity contribution >= 4 is 0 Å². The summed E-state index contributed by atoms with van der Waals surface area (Å²) >= 11 is 0. The van der Waals surface area contributed by atoms with Crippen molar-refractivity contribution in [1.82, 2.24) is 0 Å². The third-order valence-electron chi connectivity index (χ3n) is 5.05. The maximum absolute atomic E-state index is 10.9. The molecular formula is C15H28O2. The minimum atomic E-state index is -0.424. The molecule has 2 rings (SSSR count). The van der Waals surface area contributed by atoms with Crippen molar-refractivity contribution in [2.75, 3.05) is 6.61 Å². The summed E-state index contributed by atoms with van der Waals surface area (Å²) in [6, 6.07) is 0. The minimum absolute atomic E-state index is 0.288. The van der Waals surface area contributed by atoms with Crippen LogP contribution in [-0.4, -0.2) is 23.4 Å². The van der Waals surface area contributed by atoms with Gasteiger partial charge in [0.05, 0.1) is 11.7 Å². The second kappa shape index (κ2) is 5.71. The van der Waals surface area contributed by atoms with Gasteiger partial charge in [0.15, 0.2) is 0 Å². The van der Waals surface area contributed by atoms with Gasteiger partial charge in [-0.2, -0.15) is 0 Å². The molecule has 17 heavy (non-hydrogen) atoms. The Morgan fingerprint density at radius 2 is 2.06 bits per heavy atom. The molecule has 4 atom stereocenters. The van der Waals surface area contributed by atoms with E-state index in [4.69, 9.17) is 4.74 Å². The lowest BCUT2D eigenvalue weighted by Gasteiger charge is -2.45.